The van der Waals surface area contributed by atoms with Crippen molar-refractivity contribution in [2.45, 2.75) is 18.7 Å². The predicted octanol–water partition coefficient (Wildman–Crippen LogP) is 1.83. The summed E-state index contributed by atoms with van der Waals surface area (Å²) >= 11 is 0. The highest BCUT2D eigenvalue weighted by Gasteiger charge is 2.34. The molecule has 2 N–H and O–H groups in total. The second-order valence-electron chi connectivity index (χ2n) is 4.34. The van der Waals surface area contributed by atoms with Gasteiger partial charge in [-0.2, -0.15) is 13.2 Å². The van der Waals surface area contributed by atoms with Crippen molar-refractivity contribution in [3.63, 3.8) is 0 Å². The van der Waals surface area contributed by atoms with Gasteiger partial charge in [-0.15, -0.1) is 0 Å². The first-order chi connectivity index (χ1) is 7.98. The quantitative estimate of drug-likeness (QED) is 0.851. The Kier molecular flexibility index (Phi) is 3.40. The number of alkyl halides is 3. The molecule has 17 heavy (non-hydrogen) atoms. The van der Waals surface area contributed by atoms with Crippen molar-refractivity contribution < 1.29 is 18.3 Å². The van der Waals surface area contributed by atoms with E-state index in [2.05, 4.69) is 5.32 Å². The van der Waals surface area contributed by atoms with Crippen molar-refractivity contribution >= 4 is 0 Å². The fourth-order valence-corrected chi connectivity index (χ4v) is 1.95. The highest BCUT2D eigenvalue weighted by Crippen LogP contribution is 2.32. The van der Waals surface area contributed by atoms with Crippen LogP contribution in [0.25, 0.3) is 0 Å². The van der Waals surface area contributed by atoms with Crippen LogP contribution in [0.3, 0.4) is 0 Å². The van der Waals surface area contributed by atoms with Gasteiger partial charge in [-0.1, -0.05) is 18.2 Å². The van der Waals surface area contributed by atoms with Crippen LogP contribution in [0.2, 0.25) is 0 Å². The van der Waals surface area contributed by atoms with E-state index in [1.54, 1.807) is 6.07 Å². The minimum absolute atomic E-state index is 0.0576. The molecular weight excluding hydrogens is 231 g/mol. The van der Waals surface area contributed by atoms with Crippen LogP contribution in [-0.2, 0) is 12.6 Å². The lowest BCUT2D eigenvalue weighted by atomic mass is 9.90. The third kappa shape index (κ3) is 2.79. The third-order valence-corrected chi connectivity index (χ3v) is 3.11. The molecule has 1 atom stereocenters. The molecule has 0 saturated carbocycles. The summed E-state index contributed by atoms with van der Waals surface area (Å²) in [6, 6.07) is 5.42. The van der Waals surface area contributed by atoms with Crippen LogP contribution in [0.15, 0.2) is 24.3 Å². The Labute approximate surface area is 97.5 Å². The number of nitrogens with one attached hydrogen (secondary N) is 1. The highest BCUT2D eigenvalue weighted by molar-refractivity contribution is 5.30. The Balaban J connectivity index is 2.14. The number of halogens is 3. The van der Waals surface area contributed by atoms with Crippen LogP contribution >= 0.6 is 0 Å². The summed E-state index contributed by atoms with van der Waals surface area (Å²) in [7, 11) is 0. The molecule has 94 valence electrons. The maximum Gasteiger partial charge on any atom is 0.416 e. The Hall–Kier alpha value is -1.07. The third-order valence-electron chi connectivity index (χ3n) is 3.11. The molecule has 1 aromatic carbocycles. The second kappa shape index (κ2) is 4.66. The van der Waals surface area contributed by atoms with Crippen molar-refractivity contribution in [3.05, 3.63) is 35.4 Å². The SMILES string of the molecule is OC(Cc1ccccc1C(F)(F)F)C1CNC1. The topological polar surface area (TPSA) is 32.3 Å². The van der Waals surface area contributed by atoms with Crippen molar-refractivity contribution in [2.75, 3.05) is 13.1 Å². The minimum atomic E-state index is -4.35. The van der Waals surface area contributed by atoms with Gasteiger partial charge in [0.1, 0.15) is 0 Å². The highest BCUT2D eigenvalue weighted by atomic mass is 19.4. The average Bonchev–Trinajstić information content (AvgIpc) is 2.13. The fraction of sp³-hybridized carbons (Fsp3) is 0.500. The minimum Gasteiger partial charge on any atom is -0.392 e. The van der Waals surface area contributed by atoms with Crippen molar-refractivity contribution in [2.24, 2.45) is 5.92 Å². The normalized spacial score (nSPS) is 18.8. The maximum absolute atomic E-state index is 12.7. The number of aliphatic hydroxyl groups excluding tert-OH is 1. The van der Waals surface area contributed by atoms with Gasteiger partial charge in [-0.05, 0) is 18.1 Å². The first-order valence-electron chi connectivity index (χ1n) is 5.52. The van der Waals surface area contributed by atoms with Gasteiger partial charge in [-0.3, -0.25) is 0 Å². The van der Waals surface area contributed by atoms with Gasteiger partial charge in [0, 0.05) is 19.0 Å². The fourth-order valence-electron chi connectivity index (χ4n) is 1.95. The molecule has 1 unspecified atom stereocenters. The molecule has 2 rings (SSSR count). The summed E-state index contributed by atoms with van der Waals surface area (Å²) in [5, 5.41) is 12.8. The first kappa shape index (κ1) is 12.4. The molecule has 0 radical (unpaired) electrons. The number of hydrogen-bond donors (Lipinski definition) is 2. The molecule has 0 bridgehead atoms. The molecule has 1 aliphatic rings. The molecule has 0 amide bonds. The van der Waals surface area contributed by atoms with Crippen LogP contribution in [0.5, 0.6) is 0 Å². The number of benzene rings is 1. The molecule has 0 aromatic heterocycles. The van der Waals surface area contributed by atoms with Gasteiger partial charge in [0.15, 0.2) is 0 Å². The molecule has 1 aromatic rings. The van der Waals surface area contributed by atoms with E-state index in [0.29, 0.717) is 13.1 Å². The van der Waals surface area contributed by atoms with Gasteiger partial charge in [0.05, 0.1) is 11.7 Å². The van der Waals surface area contributed by atoms with Gasteiger partial charge < -0.3 is 10.4 Å². The summed E-state index contributed by atoms with van der Waals surface area (Å²) in [6.07, 6.45) is -5.00. The zero-order valence-electron chi connectivity index (χ0n) is 9.17. The van der Waals surface area contributed by atoms with E-state index in [9.17, 15) is 18.3 Å². The number of aliphatic hydroxyl groups is 1. The Morgan fingerprint density at radius 2 is 1.94 bits per heavy atom. The largest absolute Gasteiger partial charge is 0.416 e. The molecule has 2 nitrogen and oxygen atoms in total. The van der Waals surface area contributed by atoms with Gasteiger partial charge in [-0.25, -0.2) is 0 Å². The molecule has 5 heteroatoms. The summed E-state index contributed by atoms with van der Waals surface area (Å²) in [5.41, 5.74) is -0.481. The lowest BCUT2D eigenvalue weighted by molar-refractivity contribution is -0.138. The molecule has 1 heterocycles. The zero-order chi connectivity index (χ0) is 12.5. The monoisotopic (exact) mass is 245 g/mol. The molecule has 1 aliphatic heterocycles. The number of rotatable bonds is 3. The van der Waals surface area contributed by atoms with E-state index in [-0.39, 0.29) is 17.9 Å². The standard InChI is InChI=1S/C12H14F3NO/c13-12(14,15)10-4-2-1-3-8(10)5-11(17)9-6-16-7-9/h1-4,9,11,16-17H,5-7H2. The van der Waals surface area contributed by atoms with Crippen LogP contribution in [0.4, 0.5) is 13.2 Å². The molecule has 0 spiro atoms. The Bertz CT molecular complexity index is 388. The lowest BCUT2D eigenvalue weighted by Crippen LogP contribution is -2.49. The number of hydrogen-bond acceptors (Lipinski definition) is 2. The van der Waals surface area contributed by atoms with Crippen LogP contribution in [0, 0.1) is 5.92 Å². The van der Waals surface area contributed by atoms with Gasteiger partial charge in [0.2, 0.25) is 0 Å². The van der Waals surface area contributed by atoms with Gasteiger partial charge >= 0.3 is 6.18 Å². The molecular formula is C12H14F3NO. The lowest BCUT2D eigenvalue weighted by Gasteiger charge is -2.32. The van der Waals surface area contributed by atoms with Crippen molar-refractivity contribution in [3.8, 4) is 0 Å². The van der Waals surface area contributed by atoms with E-state index < -0.39 is 17.8 Å². The smallest absolute Gasteiger partial charge is 0.392 e. The van der Waals surface area contributed by atoms with Crippen molar-refractivity contribution in [1.82, 2.24) is 5.32 Å². The second-order valence-corrected chi connectivity index (χ2v) is 4.34. The van der Waals surface area contributed by atoms with E-state index in [4.69, 9.17) is 0 Å². The molecule has 1 saturated heterocycles. The van der Waals surface area contributed by atoms with E-state index in [1.807, 2.05) is 0 Å². The summed E-state index contributed by atoms with van der Waals surface area (Å²) in [4.78, 5) is 0. The predicted molar refractivity (Wildman–Crippen MR) is 57.5 cm³/mol. The van der Waals surface area contributed by atoms with Gasteiger partial charge in [0.25, 0.3) is 0 Å². The van der Waals surface area contributed by atoms with Crippen LogP contribution in [0.1, 0.15) is 11.1 Å². The van der Waals surface area contributed by atoms with E-state index >= 15 is 0 Å². The zero-order valence-corrected chi connectivity index (χ0v) is 9.17. The summed E-state index contributed by atoms with van der Waals surface area (Å²) < 4.78 is 38.1. The Morgan fingerprint density at radius 1 is 1.29 bits per heavy atom. The van der Waals surface area contributed by atoms with E-state index in [1.165, 1.54) is 12.1 Å². The summed E-state index contributed by atoms with van der Waals surface area (Å²) in [6.45, 7) is 1.35. The summed E-state index contributed by atoms with van der Waals surface area (Å²) in [5.74, 6) is 0.0660. The van der Waals surface area contributed by atoms with E-state index in [0.717, 1.165) is 6.07 Å². The maximum atomic E-state index is 12.7. The molecule has 0 aliphatic carbocycles. The van der Waals surface area contributed by atoms with Crippen molar-refractivity contribution in [1.29, 1.82) is 0 Å². The van der Waals surface area contributed by atoms with Crippen LogP contribution < -0.4 is 5.32 Å². The first-order valence-corrected chi connectivity index (χ1v) is 5.52. The van der Waals surface area contributed by atoms with Crippen LogP contribution in [-0.4, -0.2) is 24.3 Å². The average molecular weight is 245 g/mol. The Morgan fingerprint density at radius 3 is 2.47 bits per heavy atom. The molecule has 1 fully saturated rings.